The van der Waals surface area contributed by atoms with Crippen LogP contribution in [0.1, 0.15) is 26.7 Å². The van der Waals surface area contributed by atoms with E-state index in [-0.39, 0.29) is 5.91 Å². The van der Waals surface area contributed by atoms with E-state index in [1.54, 1.807) is 6.92 Å². The van der Waals surface area contributed by atoms with E-state index in [4.69, 9.17) is 15.2 Å². The van der Waals surface area contributed by atoms with Crippen LogP contribution in [0.2, 0.25) is 0 Å². The number of ether oxygens (including phenoxy) is 2. The van der Waals surface area contributed by atoms with Crippen LogP contribution in [-0.2, 0) is 14.3 Å². The largest absolute Gasteiger partial charge is 0.381 e. The standard InChI is InChI=1S/C12H24N2O3/c1-3-14-12(2,11(13)15)9-17-8-10-4-6-16-7-5-10/h10,14H,3-9H2,1-2H3,(H2,13,15). The van der Waals surface area contributed by atoms with Crippen LogP contribution in [0, 0.1) is 5.92 Å². The monoisotopic (exact) mass is 244 g/mol. The Kier molecular flexibility index (Phi) is 5.88. The molecule has 100 valence electrons. The van der Waals surface area contributed by atoms with Crippen molar-refractivity contribution < 1.29 is 14.3 Å². The molecule has 0 aromatic carbocycles. The molecule has 1 fully saturated rings. The maximum absolute atomic E-state index is 11.4. The fourth-order valence-electron chi connectivity index (χ4n) is 1.94. The van der Waals surface area contributed by atoms with Gasteiger partial charge in [-0.3, -0.25) is 4.79 Å². The zero-order valence-corrected chi connectivity index (χ0v) is 10.8. The Balaban J connectivity index is 2.28. The van der Waals surface area contributed by atoms with E-state index < -0.39 is 5.54 Å². The molecule has 1 amide bonds. The van der Waals surface area contributed by atoms with Gasteiger partial charge in [-0.15, -0.1) is 0 Å². The number of carbonyl (C=O) groups excluding carboxylic acids is 1. The molecule has 1 saturated heterocycles. The van der Waals surface area contributed by atoms with E-state index in [2.05, 4.69) is 5.32 Å². The van der Waals surface area contributed by atoms with Crippen molar-refractivity contribution >= 4 is 5.91 Å². The molecule has 0 aliphatic carbocycles. The Morgan fingerprint density at radius 1 is 1.53 bits per heavy atom. The van der Waals surface area contributed by atoms with Gasteiger partial charge in [0.25, 0.3) is 0 Å². The minimum absolute atomic E-state index is 0.327. The highest BCUT2D eigenvalue weighted by molar-refractivity contribution is 5.84. The molecule has 0 aromatic rings. The number of amides is 1. The Hall–Kier alpha value is -0.650. The van der Waals surface area contributed by atoms with E-state index in [9.17, 15) is 4.79 Å². The van der Waals surface area contributed by atoms with Crippen LogP contribution in [-0.4, -0.2) is 44.4 Å². The van der Waals surface area contributed by atoms with Crippen LogP contribution in [0.25, 0.3) is 0 Å². The van der Waals surface area contributed by atoms with Crippen LogP contribution < -0.4 is 11.1 Å². The third-order valence-electron chi connectivity index (χ3n) is 3.20. The van der Waals surface area contributed by atoms with Crippen LogP contribution in [0.5, 0.6) is 0 Å². The molecular weight excluding hydrogens is 220 g/mol. The number of carbonyl (C=O) groups is 1. The predicted octanol–water partition coefficient (Wildman–Crippen LogP) is 0.283. The van der Waals surface area contributed by atoms with Gasteiger partial charge in [0.2, 0.25) is 5.91 Å². The lowest BCUT2D eigenvalue weighted by molar-refractivity contribution is -0.126. The number of likely N-dealkylation sites (N-methyl/N-ethyl adjacent to an activating group) is 1. The third-order valence-corrected chi connectivity index (χ3v) is 3.20. The fourth-order valence-corrected chi connectivity index (χ4v) is 1.94. The highest BCUT2D eigenvalue weighted by Gasteiger charge is 2.30. The van der Waals surface area contributed by atoms with Gasteiger partial charge >= 0.3 is 0 Å². The smallest absolute Gasteiger partial charge is 0.239 e. The van der Waals surface area contributed by atoms with E-state index in [0.717, 1.165) is 26.1 Å². The molecule has 5 nitrogen and oxygen atoms in total. The normalized spacial score (nSPS) is 21.1. The van der Waals surface area contributed by atoms with Crippen molar-refractivity contribution in [3.8, 4) is 0 Å². The number of nitrogens with one attached hydrogen (secondary N) is 1. The quantitative estimate of drug-likeness (QED) is 0.675. The molecule has 1 aliphatic heterocycles. The van der Waals surface area contributed by atoms with Crippen molar-refractivity contribution in [2.75, 3.05) is 33.0 Å². The van der Waals surface area contributed by atoms with Gasteiger partial charge in [0.05, 0.1) is 6.61 Å². The molecule has 17 heavy (non-hydrogen) atoms. The Morgan fingerprint density at radius 2 is 2.18 bits per heavy atom. The summed E-state index contributed by atoms with van der Waals surface area (Å²) in [6.07, 6.45) is 2.07. The van der Waals surface area contributed by atoms with Gasteiger partial charge in [0.15, 0.2) is 0 Å². The van der Waals surface area contributed by atoms with Gasteiger partial charge in [-0.05, 0) is 32.2 Å². The molecule has 0 saturated carbocycles. The maximum Gasteiger partial charge on any atom is 0.239 e. The molecule has 1 aliphatic rings. The van der Waals surface area contributed by atoms with Gasteiger partial charge in [-0.2, -0.15) is 0 Å². The second-order valence-electron chi connectivity index (χ2n) is 4.80. The van der Waals surface area contributed by atoms with E-state index >= 15 is 0 Å². The van der Waals surface area contributed by atoms with Crippen molar-refractivity contribution in [3.63, 3.8) is 0 Å². The molecule has 1 unspecified atom stereocenters. The average molecular weight is 244 g/mol. The summed E-state index contributed by atoms with van der Waals surface area (Å²) < 4.78 is 10.9. The average Bonchev–Trinajstić information content (AvgIpc) is 2.30. The fraction of sp³-hybridized carbons (Fsp3) is 0.917. The zero-order valence-electron chi connectivity index (χ0n) is 10.8. The molecule has 3 N–H and O–H groups in total. The van der Waals surface area contributed by atoms with Gasteiger partial charge < -0.3 is 20.5 Å². The van der Waals surface area contributed by atoms with Gasteiger partial charge in [-0.1, -0.05) is 6.92 Å². The second kappa shape index (κ2) is 6.93. The molecule has 0 bridgehead atoms. The Bertz CT molecular complexity index is 242. The van der Waals surface area contributed by atoms with E-state index in [0.29, 0.717) is 25.7 Å². The van der Waals surface area contributed by atoms with Gasteiger partial charge in [0.1, 0.15) is 5.54 Å². The maximum atomic E-state index is 11.4. The molecular formula is C12H24N2O3. The number of rotatable bonds is 7. The summed E-state index contributed by atoms with van der Waals surface area (Å²) in [5.74, 6) is 0.175. The zero-order chi connectivity index (χ0) is 12.7. The minimum Gasteiger partial charge on any atom is -0.381 e. The number of hydrogen-bond acceptors (Lipinski definition) is 4. The Morgan fingerprint density at radius 3 is 2.71 bits per heavy atom. The topological polar surface area (TPSA) is 73.6 Å². The molecule has 1 heterocycles. The first-order valence-corrected chi connectivity index (χ1v) is 6.29. The second-order valence-corrected chi connectivity index (χ2v) is 4.80. The van der Waals surface area contributed by atoms with E-state index in [1.807, 2.05) is 6.92 Å². The predicted molar refractivity (Wildman–Crippen MR) is 65.6 cm³/mol. The molecule has 0 radical (unpaired) electrons. The van der Waals surface area contributed by atoms with Crippen LogP contribution in [0.3, 0.4) is 0 Å². The summed E-state index contributed by atoms with van der Waals surface area (Å²) >= 11 is 0. The van der Waals surface area contributed by atoms with E-state index in [1.165, 1.54) is 0 Å². The van der Waals surface area contributed by atoms with Gasteiger partial charge in [-0.25, -0.2) is 0 Å². The summed E-state index contributed by atoms with van der Waals surface area (Å²) in [4.78, 5) is 11.4. The Labute approximate surface area is 103 Å². The lowest BCUT2D eigenvalue weighted by atomic mass is 10.0. The molecule has 0 aromatic heterocycles. The summed E-state index contributed by atoms with van der Waals surface area (Å²) in [7, 11) is 0. The molecule has 5 heteroatoms. The summed E-state index contributed by atoms with van der Waals surface area (Å²) in [5.41, 5.74) is 4.61. The highest BCUT2D eigenvalue weighted by atomic mass is 16.5. The first-order valence-electron chi connectivity index (χ1n) is 6.29. The number of primary amides is 1. The van der Waals surface area contributed by atoms with Crippen molar-refractivity contribution in [1.82, 2.24) is 5.32 Å². The SMILES string of the molecule is CCNC(C)(COCC1CCOCC1)C(N)=O. The van der Waals surface area contributed by atoms with Crippen molar-refractivity contribution in [2.24, 2.45) is 11.7 Å². The van der Waals surface area contributed by atoms with Crippen molar-refractivity contribution in [1.29, 1.82) is 0 Å². The first kappa shape index (κ1) is 14.4. The summed E-state index contributed by atoms with van der Waals surface area (Å²) in [5, 5.41) is 3.07. The lowest BCUT2D eigenvalue weighted by Crippen LogP contribution is -2.56. The molecule has 0 spiro atoms. The number of nitrogens with two attached hydrogens (primary N) is 1. The lowest BCUT2D eigenvalue weighted by Gasteiger charge is -2.28. The molecule has 1 rings (SSSR count). The minimum atomic E-state index is -0.764. The van der Waals surface area contributed by atoms with Crippen LogP contribution in [0.4, 0.5) is 0 Å². The van der Waals surface area contributed by atoms with Gasteiger partial charge in [0, 0.05) is 19.8 Å². The van der Waals surface area contributed by atoms with Crippen molar-refractivity contribution in [2.45, 2.75) is 32.2 Å². The molecule has 1 atom stereocenters. The first-order chi connectivity index (χ1) is 8.08. The summed E-state index contributed by atoms with van der Waals surface area (Å²) in [6.45, 7) is 7.05. The third kappa shape index (κ3) is 4.61. The highest BCUT2D eigenvalue weighted by Crippen LogP contribution is 2.15. The summed E-state index contributed by atoms with van der Waals surface area (Å²) in [6, 6.07) is 0. The number of hydrogen-bond donors (Lipinski definition) is 2. The van der Waals surface area contributed by atoms with Crippen LogP contribution in [0.15, 0.2) is 0 Å². The van der Waals surface area contributed by atoms with Crippen molar-refractivity contribution in [3.05, 3.63) is 0 Å². The van der Waals surface area contributed by atoms with Crippen LogP contribution >= 0.6 is 0 Å².